The van der Waals surface area contributed by atoms with Gasteiger partial charge >= 0.3 is 0 Å². The van der Waals surface area contributed by atoms with Gasteiger partial charge in [-0.3, -0.25) is 14.7 Å². The van der Waals surface area contributed by atoms with Gasteiger partial charge < -0.3 is 19.7 Å². The molecule has 1 aromatic carbocycles. The molecule has 1 aliphatic heterocycles. The minimum absolute atomic E-state index is 0.0443. The third-order valence-electron chi connectivity index (χ3n) is 7.33. The Kier molecular flexibility index (Phi) is 6.46. The summed E-state index contributed by atoms with van der Waals surface area (Å²) in [6.07, 6.45) is 8.72. The van der Waals surface area contributed by atoms with Crippen molar-refractivity contribution >= 4 is 27.7 Å². The second-order valence-corrected chi connectivity index (χ2v) is 14.9. The molecule has 0 saturated heterocycles. The number of nitrogens with one attached hydrogen (secondary N) is 2. The zero-order valence-corrected chi connectivity index (χ0v) is 21.8. The Bertz CT molecular complexity index is 1060. The van der Waals surface area contributed by atoms with Crippen molar-refractivity contribution in [3.05, 3.63) is 41.6 Å². The van der Waals surface area contributed by atoms with Crippen LogP contribution >= 0.6 is 10.0 Å². The molecular formula is C25H36N4O4S. The molecule has 0 radical (unpaired) electrons. The number of carbonyl (C=O) groups excluding carboxylic acids is 2. The van der Waals surface area contributed by atoms with E-state index in [1.165, 1.54) is 0 Å². The lowest BCUT2D eigenvalue weighted by molar-refractivity contribution is -0.146. The number of rotatable bonds is 8. The third-order valence-corrected chi connectivity index (χ3v) is 10.3. The van der Waals surface area contributed by atoms with E-state index in [-0.39, 0.29) is 23.2 Å². The minimum atomic E-state index is -1.08. The van der Waals surface area contributed by atoms with Crippen molar-refractivity contribution in [2.45, 2.75) is 56.0 Å². The van der Waals surface area contributed by atoms with Crippen molar-refractivity contribution in [1.29, 1.82) is 0 Å². The lowest BCUT2D eigenvalue weighted by Gasteiger charge is -2.53. The molecule has 1 aliphatic carbocycles. The van der Waals surface area contributed by atoms with Gasteiger partial charge in [0.2, 0.25) is 5.91 Å². The summed E-state index contributed by atoms with van der Waals surface area (Å²) < 4.78 is 11.0. The van der Waals surface area contributed by atoms with Gasteiger partial charge in [-0.05, 0) is 64.0 Å². The highest BCUT2D eigenvalue weighted by Crippen LogP contribution is 2.60. The number of aromatic amines is 1. The SMILES string of the molecule is COCC(Oc1ccccc1)C(=O)N1Cc2c(NC(=O)C3(S(C)(C)C)CCC3)n[nH]c2C1(C)C. The number of anilines is 1. The van der Waals surface area contributed by atoms with Crippen molar-refractivity contribution in [2.24, 2.45) is 0 Å². The number of nitrogens with zero attached hydrogens (tertiary/aromatic N) is 2. The zero-order chi connectivity index (χ0) is 24.7. The van der Waals surface area contributed by atoms with Crippen LogP contribution in [0, 0.1) is 0 Å². The van der Waals surface area contributed by atoms with E-state index in [0.717, 1.165) is 30.5 Å². The average Bonchev–Trinajstić information content (AvgIpc) is 3.24. The number of benzene rings is 1. The van der Waals surface area contributed by atoms with Crippen molar-refractivity contribution in [3.8, 4) is 5.75 Å². The maximum Gasteiger partial charge on any atom is 0.267 e. The summed E-state index contributed by atoms with van der Waals surface area (Å²) in [6.45, 7) is 4.41. The lowest BCUT2D eigenvalue weighted by atomic mass is 9.83. The summed E-state index contributed by atoms with van der Waals surface area (Å²) in [4.78, 5) is 28.7. The molecule has 1 atom stereocenters. The minimum Gasteiger partial charge on any atom is -0.478 e. The second-order valence-electron chi connectivity index (χ2n) is 10.4. The van der Waals surface area contributed by atoms with Crippen LogP contribution in [0.2, 0.25) is 0 Å². The van der Waals surface area contributed by atoms with Crippen molar-refractivity contribution in [2.75, 3.05) is 37.8 Å². The largest absolute Gasteiger partial charge is 0.478 e. The average molecular weight is 489 g/mol. The summed E-state index contributed by atoms with van der Waals surface area (Å²) >= 11 is 0. The van der Waals surface area contributed by atoms with E-state index in [1.807, 2.05) is 44.2 Å². The standard InChI is InChI=1S/C25H36N4O4S/c1-24(2)20-18(21(28-27-20)26-23(31)25(13-10-14-25)34(4,5)6)15-29(24)22(30)19(16-32-3)33-17-11-8-7-9-12-17/h7-9,11-12,19H,10,13-16H2,1-6H3,(H2,26,27,28,31). The highest BCUT2D eigenvalue weighted by atomic mass is 32.3. The van der Waals surface area contributed by atoms with Crippen LogP contribution in [0.15, 0.2) is 30.3 Å². The first-order valence-electron chi connectivity index (χ1n) is 11.6. The summed E-state index contributed by atoms with van der Waals surface area (Å²) in [5.74, 6) is 0.999. The van der Waals surface area contributed by atoms with Crippen molar-refractivity contribution in [1.82, 2.24) is 15.1 Å². The van der Waals surface area contributed by atoms with E-state index in [9.17, 15) is 9.59 Å². The van der Waals surface area contributed by atoms with Gasteiger partial charge in [-0.1, -0.05) is 18.2 Å². The number of ether oxygens (including phenoxy) is 2. The maximum atomic E-state index is 13.6. The van der Waals surface area contributed by atoms with Crippen LogP contribution in [0.3, 0.4) is 0 Å². The van der Waals surface area contributed by atoms with Crippen LogP contribution < -0.4 is 10.1 Å². The molecular weight excluding hydrogens is 452 g/mol. The molecule has 2 amide bonds. The number of amides is 2. The topological polar surface area (TPSA) is 96.6 Å². The second kappa shape index (κ2) is 8.92. The van der Waals surface area contributed by atoms with E-state index in [1.54, 1.807) is 12.0 Å². The number of carbonyl (C=O) groups is 2. The number of hydrogen-bond acceptors (Lipinski definition) is 5. The Morgan fingerprint density at radius 1 is 1.21 bits per heavy atom. The molecule has 186 valence electrons. The van der Waals surface area contributed by atoms with Crippen LogP contribution in [0.5, 0.6) is 5.75 Å². The van der Waals surface area contributed by atoms with Gasteiger partial charge in [-0.15, -0.1) is 0 Å². The van der Waals surface area contributed by atoms with E-state index in [4.69, 9.17) is 9.47 Å². The molecule has 8 nitrogen and oxygen atoms in total. The predicted molar refractivity (Wildman–Crippen MR) is 135 cm³/mol. The number of H-pyrrole nitrogens is 1. The Labute approximate surface area is 203 Å². The lowest BCUT2D eigenvalue weighted by Crippen LogP contribution is -2.51. The third kappa shape index (κ3) is 4.09. The summed E-state index contributed by atoms with van der Waals surface area (Å²) in [5.41, 5.74) is 1.04. The van der Waals surface area contributed by atoms with Crippen LogP contribution in [-0.2, 0) is 26.4 Å². The molecule has 1 saturated carbocycles. The fourth-order valence-electron chi connectivity index (χ4n) is 4.95. The fourth-order valence-corrected chi connectivity index (χ4v) is 7.07. The smallest absolute Gasteiger partial charge is 0.267 e. The Hall–Kier alpha value is -2.52. The van der Waals surface area contributed by atoms with Crippen molar-refractivity contribution < 1.29 is 19.1 Å². The number of methoxy groups -OCH3 is 1. The van der Waals surface area contributed by atoms with Crippen LogP contribution in [-0.4, -0.2) is 70.2 Å². The monoisotopic (exact) mass is 488 g/mol. The Balaban J connectivity index is 1.55. The number of hydrogen-bond donors (Lipinski definition) is 2. The van der Waals surface area contributed by atoms with Gasteiger partial charge in [-0.25, -0.2) is 10.0 Å². The molecule has 1 unspecified atom stereocenters. The molecule has 2 aromatic rings. The molecule has 2 N–H and O–H groups in total. The normalized spacial score (nSPS) is 19.6. The molecule has 34 heavy (non-hydrogen) atoms. The molecule has 2 heterocycles. The van der Waals surface area contributed by atoms with Crippen LogP contribution in [0.1, 0.15) is 44.4 Å². The number of para-hydroxylation sites is 1. The Morgan fingerprint density at radius 2 is 1.88 bits per heavy atom. The molecule has 0 bridgehead atoms. The van der Waals surface area contributed by atoms with E-state index in [2.05, 4.69) is 34.3 Å². The summed E-state index contributed by atoms with van der Waals surface area (Å²) in [5, 5.41) is 10.6. The van der Waals surface area contributed by atoms with Crippen LogP contribution in [0.25, 0.3) is 0 Å². The highest BCUT2D eigenvalue weighted by Gasteiger charge is 2.51. The van der Waals surface area contributed by atoms with E-state index >= 15 is 0 Å². The predicted octanol–water partition coefficient (Wildman–Crippen LogP) is 3.64. The van der Waals surface area contributed by atoms with Gasteiger partial charge in [0.15, 0.2) is 11.9 Å². The van der Waals surface area contributed by atoms with Gasteiger partial charge in [0.05, 0.1) is 29.1 Å². The quantitative estimate of drug-likeness (QED) is 0.591. The van der Waals surface area contributed by atoms with Gasteiger partial charge in [0, 0.05) is 12.7 Å². The van der Waals surface area contributed by atoms with Gasteiger partial charge in [0.25, 0.3) is 5.91 Å². The maximum absolute atomic E-state index is 13.6. The molecule has 1 fully saturated rings. The zero-order valence-electron chi connectivity index (χ0n) is 20.9. The number of fused-ring (bicyclic) bond motifs is 1. The van der Waals surface area contributed by atoms with Gasteiger partial charge in [-0.2, -0.15) is 5.10 Å². The Morgan fingerprint density at radius 3 is 2.44 bits per heavy atom. The highest BCUT2D eigenvalue weighted by molar-refractivity contribution is 8.33. The first-order chi connectivity index (χ1) is 16.0. The van der Waals surface area contributed by atoms with Crippen molar-refractivity contribution in [3.63, 3.8) is 0 Å². The van der Waals surface area contributed by atoms with Gasteiger partial charge in [0.1, 0.15) is 5.75 Å². The first-order valence-corrected chi connectivity index (χ1v) is 14.5. The van der Waals surface area contributed by atoms with Crippen LogP contribution in [0.4, 0.5) is 5.82 Å². The van der Waals surface area contributed by atoms with E-state index < -0.39 is 21.7 Å². The number of aromatic nitrogens is 2. The molecule has 1 aromatic heterocycles. The van der Waals surface area contributed by atoms with E-state index in [0.29, 0.717) is 18.1 Å². The molecule has 9 heteroatoms. The summed E-state index contributed by atoms with van der Waals surface area (Å²) in [7, 11) is 0.469. The molecule has 2 aliphatic rings. The first kappa shape index (κ1) is 24.6. The molecule has 0 spiro atoms. The summed E-state index contributed by atoms with van der Waals surface area (Å²) in [6, 6.07) is 9.26. The fraction of sp³-hybridized carbons (Fsp3) is 0.560. The molecule has 4 rings (SSSR count).